The maximum Gasteiger partial charge on any atom is 0.673 e. The molecule has 0 aromatic carbocycles. The van der Waals surface area contributed by atoms with E-state index in [0.29, 0.717) is 0 Å². The van der Waals surface area contributed by atoms with Gasteiger partial charge in [0.15, 0.2) is 0 Å². The van der Waals surface area contributed by atoms with Crippen molar-refractivity contribution in [3.63, 3.8) is 0 Å². The van der Waals surface area contributed by atoms with Crippen LogP contribution in [0.5, 0.6) is 0 Å². The van der Waals surface area contributed by atoms with Crippen LogP contribution >= 0.6 is 0 Å². The molecule has 0 amide bonds. The molecular formula is C5H7BF4IN. The summed E-state index contributed by atoms with van der Waals surface area (Å²) in [6, 6.07) is 5.72. The summed E-state index contributed by atoms with van der Waals surface area (Å²) >= 11 is 0. The molecule has 0 aliphatic carbocycles. The zero-order chi connectivity index (χ0) is 8.74. The standard InChI is InChI=1S/C5H5N.BF4.H2I/c1-2-4-6-5-3-1;2-1(3,4)5;/h1-5H;;1H2/q;-1;+1. The number of hydrogen-bond acceptors (Lipinski definition) is 1. The van der Waals surface area contributed by atoms with Gasteiger partial charge in [-0.05, 0) is 12.1 Å². The fourth-order valence-electron chi connectivity index (χ4n) is 0.313. The number of rotatable bonds is 0. The third kappa shape index (κ3) is 22.6. The number of pyridine rings is 1. The van der Waals surface area contributed by atoms with E-state index in [0.717, 1.165) is 0 Å². The second-order valence-electron chi connectivity index (χ2n) is 1.52. The minimum absolute atomic E-state index is 0. The van der Waals surface area contributed by atoms with Crippen LogP contribution in [-0.2, 0) is 0 Å². The smallest absolute Gasteiger partial charge is 0.418 e. The highest BCUT2D eigenvalue weighted by Crippen LogP contribution is 2.06. The Kier molecular flexibility index (Phi) is 8.67. The van der Waals surface area contributed by atoms with E-state index in [1.165, 1.54) is 0 Å². The van der Waals surface area contributed by atoms with Crippen LogP contribution in [0.1, 0.15) is 0 Å². The molecule has 0 aliphatic heterocycles. The van der Waals surface area contributed by atoms with Gasteiger partial charge in [-0.25, -0.2) is 0 Å². The van der Waals surface area contributed by atoms with Crippen LogP contribution in [0.25, 0.3) is 0 Å². The van der Waals surface area contributed by atoms with Crippen LogP contribution in [0, 0.1) is 0 Å². The monoisotopic (exact) mass is 295 g/mol. The van der Waals surface area contributed by atoms with Crippen LogP contribution in [0.2, 0.25) is 0 Å². The SMILES string of the molecule is F[B-](F)(F)F.[IH2+].c1ccncc1. The van der Waals surface area contributed by atoms with Crippen LogP contribution in [0.4, 0.5) is 17.3 Å². The minimum Gasteiger partial charge on any atom is -0.418 e. The van der Waals surface area contributed by atoms with E-state index in [-0.39, 0.29) is 24.0 Å². The van der Waals surface area contributed by atoms with Crippen molar-refractivity contribution in [2.75, 3.05) is 0 Å². The van der Waals surface area contributed by atoms with E-state index < -0.39 is 7.25 Å². The molecule has 0 atom stereocenters. The van der Waals surface area contributed by atoms with Crippen molar-refractivity contribution in [3.05, 3.63) is 30.6 Å². The summed E-state index contributed by atoms with van der Waals surface area (Å²) in [5, 5.41) is 0. The van der Waals surface area contributed by atoms with Gasteiger partial charge in [-0.3, -0.25) is 4.98 Å². The Balaban J connectivity index is 0. The molecule has 0 saturated heterocycles. The normalized spacial score (nSPS) is 9.00. The van der Waals surface area contributed by atoms with E-state index >= 15 is 0 Å². The molecule has 0 saturated carbocycles. The first-order valence-electron chi connectivity index (χ1n) is 2.72. The Morgan fingerprint density at radius 2 is 1.17 bits per heavy atom. The molecular weight excluding hydrogens is 288 g/mol. The predicted molar refractivity (Wildman–Crippen MR) is 37.2 cm³/mol. The largest absolute Gasteiger partial charge is 0.673 e. The van der Waals surface area contributed by atoms with Crippen LogP contribution in [0.3, 0.4) is 0 Å². The average molecular weight is 295 g/mol. The lowest BCUT2D eigenvalue weighted by atomic mass is 10.3. The van der Waals surface area contributed by atoms with Crippen molar-refractivity contribution in [2.45, 2.75) is 0 Å². The lowest BCUT2D eigenvalue weighted by Gasteiger charge is -1.94. The molecule has 0 spiro atoms. The molecule has 70 valence electrons. The maximum absolute atomic E-state index is 9.75. The van der Waals surface area contributed by atoms with Crippen molar-refractivity contribution in [1.29, 1.82) is 0 Å². The van der Waals surface area contributed by atoms with Gasteiger partial charge >= 0.3 is 7.25 Å². The first kappa shape index (κ1) is 14.2. The highest BCUT2D eigenvalue weighted by atomic mass is 127. The second kappa shape index (κ2) is 7.32. The third-order valence-electron chi connectivity index (χ3n) is 0.566. The fraction of sp³-hybridized carbons (Fsp3) is 0. The summed E-state index contributed by atoms with van der Waals surface area (Å²) in [6.07, 6.45) is 3.50. The quantitative estimate of drug-likeness (QED) is 0.335. The number of nitrogens with zero attached hydrogens (tertiary/aromatic N) is 1. The molecule has 0 bridgehead atoms. The van der Waals surface area contributed by atoms with E-state index in [1.807, 2.05) is 18.2 Å². The van der Waals surface area contributed by atoms with Gasteiger partial charge in [0.05, 0.1) is 0 Å². The molecule has 0 unspecified atom stereocenters. The second-order valence-corrected chi connectivity index (χ2v) is 1.52. The summed E-state index contributed by atoms with van der Waals surface area (Å²) in [7, 11) is -6.00. The molecule has 0 aliphatic rings. The minimum atomic E-state index is -6.00. The maximum atomic E-state index is 9.75. The molecule has 0 N–H and O–H groups in total. The number of aromatic nitrogens is 1. The lowest BCUT2D eigenvalue weighted by molar-refractivity contribution is -0.00000800. The first-order valence-corrected chi connectivity index (χ1v) is 2.72. The van der Waals surface area contributed by atoms with Gasteiger partial charge in [0.1, 0.15) is 0 Å². The van der Waals surface area contributed by atoms with Crippen molar-refractivity contribution in [2.24, 2.45) is 0 Å². The predicted octanol–water partition coefficient (Wildman–Crippen LogP) is -1.15. The Hall–Kier alpha value is -0.335. The first-order chi connectivity index (χ1) is 5.00. The molecule has 1 rings (SSSR count). The zero-order valence-electron chi connectivity index (χ0n) is 5.87. The molecule has 1 aromatic rings. The summed E-state index contributed by atoms with van der Waals surface area (Å²) in [5.74, 6) is 0. The Morgan fingerprint density at radius 3 is 1.25 bits per heavy atom. The molecule has 12 heavy (non-hydrogen) atoms. The molecule has 7 heteroatoms. The summed E-state index contributed by atoms with van der Waals surface area (Å²) in [6.45, 7) is 0. The van der Waals surface area contributed by atoms with Gasteiger partial charge in [0, 0.05) is 12.4 Å². The Morgan fingerprint density at radius 1 is 0.833 bits per heavy atom. The van der Waals surface area contributed by atoms with Crippen LogP contribution in [0.15, 0.2) is 30.6 Å². The average Bonchev–Trinajstić information content (AvgIpc) is 1.88. The van der Waals surface area contributed by atoms with Crippen LogP contribution in [-0.4, -0.2) is 12.2 Å². The van der Waals surface area contributed by atoms with E-state index in [1.54, 1.807) is 12.4 Å². The van der Waals surface area contributed by atoms with Gasteiger partial charge in [0.2, 0.25) is 24.0 Å². The summed E-state index contributed by atoms with van der Waals surface area (Å²) in [4.78, 5) is 3.78. The van der Waals surface area contributed by atoms with E-state index in [2.05, 4.69) is 4.98 Å². The summed E-state index contributed by atoms with van der Waals surface area (Å²) in [5.41, 5.74) is 0. The van der Waals surface area contributed by atoms with Crippen molar-refractivity contribution in [1.82, 2.24) is 4.98 Å². The van der Waals surface area contributed by atoms with Crippen molar-refractivity contribution < 1.29 is 41.2 Å². The van der Waals surface area contributed by atoms with Gasteiger partial charge in [-0.15, -0.1) is 0 Å². The molecule has 0 fully saturated rings. The van der Waals surface area contributed by atoms with Crippen molar-refractivity contribution >= 4 is 7.25 Å². The fourth-order valence-corrected chi connectivity index (χ4v) is 0.313. The highest BCUT2D eigenvalue weighted by molar-refractivity contribution is 6.50. The van der Waals surface area contributed by atoms with Gasteiger partial charge in [-0.2, -0.15) is 0 Å². The lowest BCUT2D eigenvalue weighted by Crippen LogP contribution is -3.00. The van der Waals surface area contributed by atoms with Gasteiger partial charge in [0.25, 0.3) is 0 Å². The molecule has 1 nitrogen and oxygen atoms in total. The zero-order valence-corrected chi connectivity index (χ0v) is 8.42. The molecule has 0 radical (unpaired) electrons. The number of hydrogen-bond donors (Lipinski definition) is 0. The number of halogens is 5. The topological polar surface area (TPSA) is 12.9 Å². The van der Waals surface area contributed by atoms with Gasteiger partial charge in [-0.1, -0.05) is 6.07 Å². The molecule has 1 aromatic heterocycles. The van der Waals surface area contributed by atoms with Crippen LogP contribution < -0.4 is 24.0 Å². The molecule has 1 heterocycles. The highest BCUT2D eigenvalue weighted by Gasteiger charge is 2.20. The Bertz CT molecular complexity index is 148. The Labute approximate surface area is 84.3 Å². The third-order valence-corrected chi connectivity index (χ3v) is 0.566. The van der Waals surface area contributed by atoms with E-state index in [4.69, 9.17) is 0 Å². The van der Waals surface area contributed by atoms with Gasteiger partial charge < -0.3 is 17.3 Å². The van der Waals surface area contributed by atoms with E-state index in [9.17, 15) is 17.3 Å². The summed E-state index contributed by atoms with van der Waals surface area (Å²) < 4.78 is 39.0. The van der Waals surface area contributed by atoms with Crippen molar-refractivity contribution in [3.8, 4) is 0 Å².